The lowest BCUT2D eigenvalue weighted by molar-refractivity contribution is 0.0651. The second-order valence-electron chi connectivity index (χ2n) is 4.99. The van der Waals surface area contributed by atoms with Crippen LogP contribution >= 0.6 is 31.9 Å². The summed E-state index contributed by atoms with van der Waals surface area (Å²) in [7, 11) is 0. The molecular weight excluding hydrogens is 370 g/mol. The number of carbonyl (C=O) groups is 1. The highest BCUT2D eigenvalue weighted by molar-refractivity contribution is 9.10. The van der Waals surface area contributed by atoms with Crippen molar-refractivity contribution in [2.24, 2.45) is 0 Å². The number of benzene rings is 1. The molecule has 0 unspecified atom stereocenters. The zero-order valence-electron chi connectivity index (χ0n) is 10.9. The molecule has 0 atom stereocenters. The Hall–Kier alpha value is -0.350. The average Bonchev–Trinajstić information content (AvgIpc) is 2.45. The van der Waals surface area contributed by atoms with E-state index in [1.54, 1.807) is 0 Å². The molecule has 104 valence electrons. The van der Waals surface area contributed by atoms with Crippen LogP contribution in [0.1, 0.15) is 42.5 Å². The van der Waals surface area contributed by atoms with E-state index in [0.29, 0.717) is 6.04 Å². The number of nitrogens with zero attached hydrogens (tertiary/aromatic N) is 1. The SMILES string of the molecule is O=C(c1cccc(Br)c1)N(CCBr)C1CCCCC1. The van der Waals surface area contributed by atoms with E-state index in [1.165, 1.54) is 19.3 Å². The van der Waals surface area contributed by atoms with Crippen LogP contribution < -0.4 is 0 Å². The highest BCUT2D eigenvalue weighted by Crippen LogP contribution is 2.24. The fourth-order valence-corrected chi connectivity index (χ4v) is 3.50. The zero-order valence-corrected chi connectivity index (χ0v) is 14.1. The summed E-state index contributed by atoms with van der Waals surface area (Å²) >= 11 is 6.90. The molecule has 1 aliphatic rings. The van der Waals surface area contributed by atoms with Crippen LogP contribution in [-0.4, -0.2) is 28.7 Å². The molecule has 4 heteroatoms. The Morgan fingerprint density at radius 2 is 2.00 bits per heavy atom. The first kappa shape index (κ1) is 15.0. The molecule has 19 heavy (non-hydrogen) atoms. The largest absolute Gasteiger partial charge is 0.335 e. The maximum absolute atomic E-state index is 12.7. The lowest BCUT2D eigenvalue weighted by Crippen LogP contribution is -2.42. The Balaban J connectivity index is 2.15. The maximum Gasteiger partial charge on any atom is 0.254 e. The fourth-order valence-electron chi connectivity index (χ4n) is 2.72. The Kier molecular flexibility index (Phi) is 5.89. The molecule has 1 aliphatic carbocycles. The molecule has 1 amide bonds. The molecule has 0 bridgehead atoms. The van der Waals surface area contributed by atoms with Crippen molar-refractivity contribution in [3.05, 3.63) is 34.3 Å². The zero-order chi connectivity index (χ0) is 13.7. The van der Waals surface area contributed by atoms with Gasteiger partial charge in [0.1, 0.15) is 0 Å². The normalized spacial score (nSPS) is 16.3. The van der Waals surface area contributed by atoms with Gasteiger partial charge in [0.2, 0.25) is 0 Å². The summed E-state index contributed by atoms with van der Waals surface area (Å²) in [5.74, 6) is 0.160. The Bertz CT molecular complexity index is 430. The second-order valence-corrected chi connectivity index (χ2v) is 6.70. The van der Waals surface area contributed by atoms with Gasteiger partial charge in [-0.1, -0.05) is 57.2 Å². The molecule has 0 radical (unpaired) electrons. The van der Waals surface area contributed by atoms with E-state index in [1.807, 2.05) is 24.3 Å². The number of amides is 1. The third-order valence-electron chi connectivity index (χ3n) is 3.67. The van der Waals surface area contributed by atoms with E-state index < -0.39 is 0 Å². The third kappa shape index (κ3) is 4.06. The van der Waals surface area contributed by atoms with Crippen molar-refractivity contribution in [2.75, 3.05) is 11.9 Å². The molecule has 2 rings (SSSR count). The molecule has 0 spiro atoms. The van der Waals surface area contributed by atoms with Gasteiger partial charge in [-0.15, -0.1) is 0 Å². The summed E-state index contributed by atoms with van der Waals surface area (Å²) in [6.45, 7) is 0.788. The van der Waals surface area contributed by atoms with Gasteiger partial charge >= 0.3 is 0 Å². The molecule has 1 fully saturated rings. The van der Waals surface area contributed by atoms with Crippen LogP contribution in [0.25, 0.3) is 0 Å². The molecule has 0 N–H and O–H groups in total. The van der Waals surface area contributed by atoms with E-state index in [0.717, 1.165) is 34.8 Å². The fraction of sp³-hybridized carbons (Fsp3) is 0.533. The van der Waals surface area contributed by atoms with Crippen molar-refractivity contribution in [1.29, 1.82) is 0 Å². The van der Waals surface area contributed by atoms with Crippen molar-refractivity contribution in [3.8, 4) is 0 Å². The molecule has 1 saturated carbocycles. The standard InChI is InChI=1S/C15H19Br2NO/c16-9-10-18(14-7-2-1-3-8-14)15(19)12-5-4-6-13(17)11-12/h4-6,11,14H,1-3,7-10H2. The van der Waals surface area contributed by atoms with Crippen molar-refractivity contribution in [3.63, 3.8) is 0 Å². The monoisotopic (exact) mass is 387 g/mol. The predicted octanol–water partition coefficient (Wildman–Crippen LogP) is 4.62. The molecule has 1 aromatic rings. The van der Waals surface area contributed by atoms with Gasteiger partial charge in [-0.25, -0.2) is 0 Å². The van der Waals surface area contributed by atoms with E-state index in [2.05, 4.69) is 36.8 Å². The average molecular weight is 389 g/mol. The Morgan fingerprint density at radius 1 is 1.26 bits per heavy atom. The molecule has 0 aliphatic heterocycles. The van der Waals surface area contributed by atoms with Crippen LogP contribution in [0, 0.1) is 0 Å². The Labute approximate surface area is 131 Å². The minimum Gasteiger partial charge on any atom is -0.335 e. The number of alkyl halides is 1. The van der Waals surface area contributed by atoms with Crippen molar-refractivity contribution in [1.82, 2.24) is 4.90 Å². The van der Waals surface area contributed by atoms with Crippen LogP contribution in [0.3, 0.4) is 0 Å². The van der Waals surface area contributed by atoms with Gasteiger partial charge in [0, 0.05) is 28.0 Å². The molecule has 2 nitrogen and oxygen atoms in total. The molecule has 0 aromatic heterocycles. The maximum atomic E-state index is 12.7. The highest BCUT2D eigenvalue weighted by atomic mass is 79.9. The van der Waals surface area contributed by atoms with Crippen LogP contribution in [0.15, 0.2) is 28.7 Å². The number of hydrogen-bond acceptors (Lipinski definition) is 1. The molecule has 0 heterocycles. The quantitative estimate of drug-likeness (QED) is 0.689. The van der Waals surface area contributed by atoms with Crippen LogP contribution in [-0.2, 0) is 0 Å². The number of rotatable bonds is 4. The van der Waals surface area contributed by atoms with E-state index >= 15 is 0 Å². The highest BCUT2D eigenvalue weighted by Gasteiger charge is 2.25. The smallest absolute Gasteiger partial charge is 0.254 e. The third-order valence-corrected chi connectivity index (χ3v) is 4.52. The van der Waals surface area contributed by atoms with Gasteiger partial charge < -0.3 is 4.90 Å². The summed E-state index contributed by atoms with van der Waals surface area (Å²) in [5, 5.41) is 0.837. The number of halogens is 2. The first-order valence-corrected chi connectivity index (χ1v) is 8.76. The van der Waals surface area contributed by atoms with Crippen LogP contribution in [0.4, 0.5) is 0 Å². The van der Waals surface area contributed by atoms with Crippen molar-refractivity contribution >= 4 is 37.8 Å². The van der Waals surface area contributed by atoms with Gasteiger partial charge in [-0.05, 0) is 31.0 Å². The molecule has 1 aromatic carbocycles. The molecular formula is C15H19Br2NO. The van der Waals surface area contributed by atoms with E-state index in [9.17, 15) is 4.79 Å². The summed E-state index contributed by atoms with van der Waals surface area (Å²) in [4.78, 5) is 14.7. The van der Waals surface area contributed by atoms with Crippen molar-refractivity contribution in [2.45, 2.75) is 38.1 Å². The van der Waals surface area contributed by atoms with Gasteiger partial charge in [-0.2, -0.15) is 0 Å². The minimum atomic E-state index is 0.160. The molecule has 0 saturated heterocycles. The van der Waals surface area contributed by atoms with Gasteiger partial charge in [-0.3, -0.25) is 4.79 Å². The predicted molar refractivity (Wildman–Crippen MR) is 85.8 cm³/mol. The second kappa shape index (κ2) is 7.44. The van der Waals surface area contributed by atoms with Crippen LogP contribution in [0.5, 0.6) is 0 Å². The number of hydrogen-bond donors (Lipinski definition) is 0. The topological polar surface area (TPSA) is 20.3 Å². The minimum absolute atomic E-state index is 0.160. The van der Waals surface area contributed by atoms with E-state index in [-0.39, 0.29) is 5.91 Å². The summed E-state index contributed by atoms with van der Waals surface area (Å²) in [6, 6.07) is 8.10. The lowest BCUT2D eigenvalue weighted by Gasteiger charge is -2.34. The number of carbonyl (C=O) groups excluding carboxylic acids is 1. The van der Waals surface area contributed by atoms with Crippen LogP contribution in [0.2, 0.25) is 0 Å². The van der Waals surface area contributed by atoms with Crippen molar-refractivity contribution < 1.29 is 4.79 Å². The van der Waals surface area contributed by atoms with E-state index in [4.69, 9.17) is 0 Å². The summed E-state index contributed by atoms with van der Waals surface area (Å²) < 4.78 is 0.959. The van der Waals surface area contributed by atoms with Gasteiger partial charge in [0.05, 0.1) is 0 Å². The summed E-state index contributed by atoms with van der Waals surface area (Å²) in [6.07, 6.45) is 6.09. The first-order valence-electron chi connectivity index (χ1n) is 6.85. The van der Waals surface area contributed by atoms with Gasteiger partial charge in [0.15, 0.2) is 0 Å². The first-order chi connectivity index (χ1) is 9.22. The summed E-state index contributed by atoms with van der Waals surface area (Å²) in [5.41, 5.74) is 0.779. The lowest BCUT2D eigenvalue weighted by atomic mass is 9.93. The Morgan fingerprint density at radius 3 is 2.63 bits per heavy atom. The van der Waals surface area contributed by atoms with Gasteiger partial charge in [0.25, 0.3) is 5.91 Å².